The number of hydrogen-bond donors (Lipinski definition) is 2. The summed E-state index contributed by atoms with van der Waals surface area (Å²) < 4.78 is 10.5. The summed E-state index contributed by atoms with van der Waals surface area (Å²) in [6, 6.07) is 10.1. The number of Topliss-reactive ketones (excluding diaryl/α,β-unsaturated/α-hetero) is 1. The van der Waals surface area contributed by atoms with E-state index in [0.717, 1.165) is 0 Å². The van der Waals surface area contributed by atoms with E-state index in [4.69, 9.17) is 21.1 Å². The molecule has 2 N–H and O–H groups in total. The van der Waals surface area contributed by atoms with Crippen LogP contribution < -0.4 is 4.74 Å². The maximum atomic E-state index is 12.9. The fourth-order valence-corrected chi connectivity index (χ4v) is 3.70. The van der Waals surface area contributed by atoms with Crippen LogP contribution in [0, 0.1) is 0 Å². The van der Waals surface area contributed by atoms with Crippen LogP contribution >= 0.6 is 11.6 Å². The van der Waals surface area contributed by atoms with Crippen LogP contribution in [-0.4, -0.2) is 53.7 Å². The first-order valence-corrected chi connectivity index (χ1v) is 10.3. The maximum absolute atomic E-state index is 12.9. The van der Waals surface area contributed by atoms with E-state index in [1.54, 1.807) is 50.4 Å². The highest BCUT2D eigenvalue weighted by Crippen LogP contribution is 2.41. The van der Waals surface area contributed by atoms with Crippen LogP contribution in [0.3, 0.4) is 0 Å². The van der Waals surface area contributed by atoms with Crippen LogP contribution in [0.15, 0.2) is 48.0 Å². The Balaban J connectivity index is 2.14. The highest BCUT2D eigenvalue weighted by molar-refractivity contribution is 6.46. The Hall–Kier alpha value is -3.03. The topological polar surface area (TPSA) is 96.3 Å². The Labute approximate surface area is 185 Å². The van der Waals surface area contributed by atoms with E-state index in [1.165, 1.54) is 11.0 Å². The van der Waals surface area contributed by atoms with Crippen molar-refractivity contribution in [1.82, 2.24) is 4.90 Å². The number of rotatable bonds is 8. The molecule has 1 atom stereocenters. The summed E-state index contributed by atoms with van der Waals surface area (Å²) >= 11 is 5.93. The maximum Gasteiger partial charge on any atom is 0.295 e. The summed E-state index contributed by atoms with van der Waals surface area (Å²) in [7, 11) is 1.56. The summed E-state index contributed by atoms with van der Waals surface area (Å²) in [5.41, 5.74) is 0.874. The first-order chi connectivity index (χ1) is 14.9. The smallest absolute Gasteiger partial charge is 0.295 e. The number of carbonyl (C=O) groups excluding carboxylic acids is 2. The number of ether oxygens (including phenoxy) is 2. The molecule has 7 nitrogen and oxygen atoms in total. The predicted molar refractivity (Wildman–Crippen MR) is 116 cm³/mol. The van der Waals surface area contributed by atoms with E-state index < -0.39 is 17.7 Å². The van der Waals surface area contributed by atoms with Gasteiger partial charge in [-0.25, -0.2) is 0 Å². The molecule has 0 saturated carbocycles. The van der Waals surface area contributed by atoms with Crippen molar-refractivity contribution in [2.24, 2.45) is 0 Å². The molecule has 8 heteroatoms. The second-order valence-electron chi connectivity index (χ2n) is 7.01. The second-order valence-corrected chi connectivity index (χ2v) is 7.44. The van der Waals surface area contributed by atoms with Gasteiger partial charge in [0.25, 0.3) is 11.7 Å². The zero-order valence-electron chi connectivity index (χ0n) is 17.3. The first kappa shape index (κ1) is 22.7. The molecule has 0 aromatic heterocycles. The highest BCUT2D eigenvalue weighted by Gasteiger charge is 2.46. The lowest BCUT2D eigenvalue weighted by Crippen LogP contribution is -2.31. The van der Waals surface area contributed by atoms with E-state index >= 15 is 0 Å². The Morgan fingerprint density at radius 2 is 1.87 bits per heavy atom. The van der Waals surface area contributed by atoms with Gasteiger partial charge in [-0.2, -0.15) is 0 Å². The zero-order valence-corrected chi connectivity index (χ0v) is 18.1. The third kappa shape index (κ3) is 4.68. The minimum atomic E-state index is -0.840. The monoisotopic (exact) mass is 445 g/mol. The SMILES string of the molecule is CCOc1cc([C@@H]2C(=C(O)c3ccc(Cl)cc3)C(=O)C(=O)N2CCCOC)ccc1O. The largest absolute Gasteiger partial charge is 0.507 e. The van der Waals surface area contributed by atoms with E-state index in [1.807, 2.05) is 0 Å². The molecule has 0 bridgehead atoms. The first-order valence-electron chi connectivity index (χ1n) is 9.88. The molecule has 2 aromatic carbocycles. The normalized spacial score (nSPS) is 17.9. The number of halogens is 1. The van der Waals surface area contributed by atoms with E-state index in [-0.39, 0.29) is 29.4 Å². The molecule has 1 amide bonds. The van der Waals surface area contributed by atoms with E-state index in [0.29, 0.717) is 35.8 Å². The van der Waals surface area contributed by atoms with Gasteiger partial charge in [-0.15, -0.1) is 0 Å². The number of benzene rings is 2. The average molecular weight is 446 g/mol. The van der Waals surface area contributed by atoms with Crippen molar-refractivity contribution in [2.75, 3.05) is 26.9 Å². The molecule has 0 spiro atoms. The Bertz CT molecular complexity index is 1000. The molecular weight excluding hydrogens is 422 g/mol. The molecule has 1 aliphatic heterocycles. The van der Waals surface area contributed by atoms with Gasteiger partial charge >= 0.3 is 0 Å². The molecule has 3 rings (SSSR count). The quantitative estimate of drug-likeness (QED) is 0.277. The fraction of sp³-hybridized carbons (Fsp3) is 0.304. The van der Waals surface area contributed by atoms with Crippen LogP contribution in [0.2, 0.25) is 5.02 Å². The number of phenols is 1. The lowest BCUT2D eigenvalue weighted by molar-refractivity contribution is -0.140. The molecule has 0 aliphatic carbocycles. The summed E-state index contributed by atoms with van der Waals surface area (Å²) in [6.45, 7) is 2.78. The zero-order chi connectivity index (χ0) is 22.5. The van der Waals surface area contributed by atoms with E-state index in [9.17, 15) is 19.8 Å². The van der Waals surface area contributed by atoms with Gasteiger partial charge in [-0.05, 0) is 55.3 Å². The number of likely N-dealkylation sites (tertiary alicyclic amines) is 1. The number of aromatic hydroxyl groups is 1. The van der Waals surface area contributed by atoms with Gasteiger partial charge in [0.05, 0.1) is 18.2 Å². The molecule has 1 saturated heterocycles. The summed E-state index contributed by atoms with van der Waals surface area (Å²) in [5, 5.41) is 21.5. The van der Waals surface area contributed by atoms with Gasteiger partial charge in [-0.1, -0.05) is 17.7 Å². The molecule has 1 aliphatic rings. The Morgan fingerprint density at radius 1 is 1.16 bits per heavy atom. The summed E-state index contributed by atoms with van der Waals surface area (Å²) in [6.07, 6.45) is 0.511. The molecule has 2 aromatic rings. The van der Waals surface area contributed by atoms with Crippen molar-refractivity contribution < 1.29 is 29.3 Å². The van der Waals surface area contributed by atoms with Crippen LogP contribution in [0.4, 0.5) is 0 Å². The van der Waals surface area contributed by atoms with Crippen molar-refractivity contribution >= 4 is 29.1 Å². The molecule has 31 heavy (non-hydrogen) atoms. The van der Waals surface area contributed by atoms with Crippen molar-refractivity contribution in [2.45, 2.75) is 19.4 Å². The minimum absolute atomic E-state index is 0.0297. The van der Waals surface area contributed by atoms with Gasteiger partial charge in [0.15, 0.2) is 11.5 Å². The highest BCUT2D eigenvalue weighted by atomic mass is 35.5. The summed E-state index contributed by atoms with van der Waals surface area (Å²) in [5.74, 6) is -1.60. The second kappa shape index (κ2) is 9.85. The number of amides is 1. The lowest BCUT2D eigenvalue weighted by Gasteiger charge is -2.25. The third-order valence-electron chi connectivity index (χ3n) is 5.00. The Morgan fingerprint density at radius 3 is 2.52 bits per heavy atom. The average Bonchev–Trinajstić information content (AvgIpc) is 3.01. The van der Waals surface area contributed by atoms with Gasteiger partial charge < -0.3 is 24.6 Å². The molecule has 0 unspecified atom stereocenters. The van der Waals surface area contributed by atoms with Gasteiger partial charge in [-0.3, -0.25) is 9.59 Å². The van der Waals surface area contributed by atoms with Crippen LogP contribution in [0.5, 0.6) is 11.5 Å². The number of nitrogens with zero attached hydrogens (tertiary/aromatic N) is 1. The van der Waals surface area contributed by atoms with Crippen molar-refractivity contribution in [3.8, 4) is 11.5 Å². The van der Waals surface area contributed by atoms with Gasteiger partial charge in [0, 0.05) is 30.8 Å². The number of hydrogen-bond acceptors (Lipinski definition) is 6. The van der Waals surface area contributed by atoms with Crippen molar-refractivity contribution in [1.29, 1.82) is 0 Å². The van der Waals surface area contributed by atoms with Crippen LogP contribution in [-0.2, 0) is 14.3 Å². The third-order valence-corrected chi connectivity index (χ3v) is 5.26. The minimum Gasteiger partial charge on any atom is -0.507 e. The number of phenolic OH excluding ortho intramolecular Hbond substituents is 1. The van der Waals surface area contributed by atoms with Crippen molar-refractivity contribution in [3.63, 3.8) is 0 Å². The number of carbonyl (C=O) groups is 2. The number of aliphatic hydroxyl groups is 1. The standard InChI is InChI=1S/C23H24ClNO6/c1-3-31-18-13-15(7-10-17(18)26)20-19(21(27)14-5-8-16(24)9-6-14)22(28)23(29)25(20)11-4-12-30-2/h5-10,13,20,26-27H,3-4,11-12H2,1-2H3/t20-/m1/s1. The molecule has 164 valence electrons. The van der Waals surface area contributed by atoms with Gasteiger partial charge in [0.2, 0.25) is 0 Å². The summed E-state index contributed by atoms with van der Waals surface area (Å²) in [4.78, 5) is 27.2. The predicted octanol–water partition coefficient (Wildman–Crippen LogP) is 3.90. The number of methoxy groups -OCH3 is 1. The van der Waals surface area contributed by atoms with Gasteiger partial charge in [0.1, 0.15) is 5.76 Å². The Kier molecular flexibility index (Phi) is 7.20. The number of aliphatic hydroxyl groups excluding tert-OH is 1. The molecule has 0 radical (unpaired) electrons. The fourth-order valence-electron chi connectivity index (χ4n) is 3.57. The number of ketones is 1. The molecule has 1 fully saturated rings. The van der Waals surface area contributed by atoms with Crippen LogP contribution in [0.25, 0.3) is 5.76 Å². The molecular formula is C23H24ClNO6. The molecule has 1 heterocycles. The van der Waals surface area contributed by atoms with E-state index in [2.05, 4.69) is 0 Å². The van der Waals surface area contributed by atoms with Crippen molar-refractivity contribution in [3.05, 3.63) is 64.2 Å². The van der Waals surface area contributed by atoms with Crippen LogP contribution in [0.1, 0.15) is 30.5 Å². The lowest BCUT2D eigenvalue weighted by atomic mass is 9.95.